The summed E-state index contributed by atoms with van der Waals surface area (Å²) in [7, 11) is 1.38. The molecule has 4 atom stereocenters. The second kappa shape index (κ2) is 5.60. The van der Waals surface area contributed by atoms with Crippen molar-refractivity contribution in [1.82, 2.24) is 4.90 Å². The molecule has 0 aromatic rings. The zero-order valence-electron chi connectivity index (χ0n) is 12.5. The van der Waals surface area contributed by atoms with Crippen molar-refractivity contribution >= 4 is 23.3 Å². The van der Waals surface area contributed by atoms with E-state index in [1.807, 2.05) is 0 Å². The number of likely N-dealkylation sites (tertiary alicyclic amines) is 1. The van der Waals surface area contributed by atoms with Crippen LogP contribution in [0.15, 0.2) is 23.8 Å². The molecule has 0 aromatic heterocycles. The van der Waals surface area contributed by atoms with Crippen LogP contribution in [0.1, 0.15) is 6.42 Å². The van der Waals surface area contributed by atoms with Gasteiger partial charge in [0.1, 0.15) is 0 Å². The monoisotopic (exact) mass is 313 g/mol. The van der Waals surface area contributed by atoms with Crippen molar-refractivity contribution in [3.8, 4) is 12.3 Å². The van der Waals surface area contributed by atoms with Crippen molar-refractivity contribution < 1.29 is 23.9 Å². The number of ketones is 3. The molecule has 1 fully saturated rings. The summed E-state index contributed by atoms with van der Waals surface area (Å²) in [4.78, 5) is 49.8. The van der Waals surface area contributed by atoms with Crippen LogP contribution in [-0.4, -0.2) is 54.0 Å². The Kier molecular flexibility index (Phi) is 3.74. The summed E-state index contributed by atoms with van der Waals surface area (Å²) >= 11 is 0. The van der Waals surface area contributed by atoms with Crippen LogP contribution in [0, 0.1) is 24.2 Å². The van der Waals surface area contributed by atoms with E-state index in [0.29, 0.717) is 0 Å². The summed E-state index contributed by atoms with van der Waals surface area (Å²) in [5.74, 6) is 0.105. The molecule has 0 aromatic carbocycles. The van der Waals surface area contributed by atoms with Gasteiger partial charge >= 0.3 is 0 Å². The minimum absolute atomic E-state index is 0.0426. The van der Waals surface area contributed by atoms with E-state index < -0.39 is 24.0 Å². The third kappa shape index (κ3) is 2.25. The summed E-state index contributed by atoms with van der Waals surface area (Å²) in [6.07, 6.45) is 8.57. The van der Waals surface area contributed by atoms with Crippen LogP contribution in [0.4, 0.5) is 0 Å². The molecule has 118 valence electrons. The van der Waals surface area contributed by atoms with Crippen molar-refractivity contribution in [3.63, 3.8) is 0 Å². The van der Waals surface area contributed by atoms with Gasteiger partial charge in [0.25, 0.3) is 5.91 Å². The van der Waals surface area contributed by atoms with Gasteiger partial charge in [0.15, 0.2) is 23.5 Å². The first-order valence-corrected chi connectivity index (χ1v) is 7.27. The Bertz CT molecular complexity index is 711. The Balaban J connectivity index is 1.95. The zero-order chi connectivity index (χ0) is 16.7. The maximum absolute atomic E-state index is 12.7. The molecule has 1 heterocycles. The third-order valence-corrected chi connectivity index (χ3v) is 4.58. The van der Waals surface area contributed by atoms with Crippen LogP contribution in [0.2, 0.25) is 0 Å². The first kappa shape index (κ1) is 15.4. The topological polar surface area (TPSA) is 80.8 Å². The lowest BCUT2D eigenvalue weighted by Gasteiger charge is -2.47. The molecule has 6 heteroatoms. The maximum Gasteiger partial charge on any atom is 0.255 e. The van der Waals surface area contributed by atoms with Crippen molar-refractivity contribution in [3.05, 3.63) is 23.8 Å². The van der Waals surface area contributed by atoms with E-state index in [4.69, 9.17) is 11.2 Å². The molecule has 3 rings (SSSR count). The van der Waals surface area contributed by atoms with Gasteiger partial charge in [0.05, 0.1) is 18.5 Å². The molecule has 3 aliphatic rings. The van der Waals surface area contributed by atoms with Crippen molar-refractivity contribution in [1.29, 1.82) is 0 Å². The Morgan fingerprint density at radius 2 is 2.09 bits per heavy atom. The number of amides is 1. The minimum atomic E-state index is -0.808. The zero-order valence-corrected chi connectivity index (χ0v) is 12.5. The highest BCUT2D eigenvalue weighted by atomic mass is 16.5. The number of carbonyl (C=O) groups is 4. The van der Waals surface area contributed by atoms with Gasteiger partial charge < -0.3 is 9.64 Å². The molecule has 1 amide bonds. The Morgan fingerprint density at radius 1 is 1.35 bits per heavy atom. The molecule has 0 unspecified atom stereocenters. The largest absolute Gasteiger partial charge is 0.369 e. The first-order valence-electron chi connectivity index (χ1n) is 7.27. The molecule has 1 aliphatic heterocycles. The standard InChI is InChI=1S/C17H15NO5/c1-3-6-18-14(16(23-2)17(18)22)12-8-13(20)11-7-9(19)4-5-10(11)15(12)21/h1,4-5,8,10-11,14,16H,6-7H2,2H3/t10-,11+,14+,16-/m0/s1. The third-order valence-electron chi connectivity index (χ3n) is 4.58. The highest BCUT2D eigenvalue weighted by molar-refractivity contribution is 6.16. The number of terminal acetylenes is 1. The fourth-order valence-electron chi connectivity index (χ4n) is 3.41. The number of Topliss-reactive ketones (excluding diaryl/α,β-unsaturated/α-hetero) is 1. The Hall–Kier alpha value is -2.52. The van der Waals surface area contributed by atoms with E-state index in [1.165, 1.54) is 30.2 Å². The molecular formula is C17H15NO5. The lowest BCUT2D eigenvalue weighted by molar-refractivity contribution is -0.166. The number of β-lactam (4-membered cyclic amide) rings is 1. The van der Waals surface area contributed by atoms with E-state index >= 15 is 0 Å². The number of methoxy groups -OCH3 is 1. The molecule has 2 aliphatic carbocycles. The van der Waals surface area contributed by atoms with Crippen LogP contribution in [0.25, 0.3) is 0 Å². The van der Waals surface area contributed by atoms with Gasteiger partial charge in [0, 0.05) is 25.0 Å². The Morgan fingerprint density at radius 3 is 2.74 bits per heavy atom. The molecular weight excluding hydrogens is 298 g/mol. The van der Waals surface area contributed by atoms with Crippen LogP contribution < -0.4 is 0 Å². The van der Waals surface area contributed by atoms with Gasteiger partial charge in [-0.3, -0.25) is 19.2 Å². The first-order chi connectivity index (χ1) is 11.0. The molecule has 23 heavy (non-hydrogen) atoms. The molecule has 0 radical (unpaired) electrons. The molecule has 0 saturated carbocycles. The number of ether oxygens (including phenoxy) is 1. The number of carbonyl (C=O) groups excluding carboxylic acids is 4. The average Bonchev–Trinajstić information content (AvgIpc) is 2.53. The molecule has 0 spiro atoms. The van der Waals surface area contributed by atoms with E-state index in [0.717, 1.165) is 0 Å². The normalized spacial score (nSPS) is 33.0. The molecule has 0 N–H and O–H groups in total. The number of hydrogen-bond acceptors (Lipinski definition) is 5. The van der Waals surface area contributed by atoms with Gasteiger partial charge in [-0.1, -0.05) is 12.0 Å². The van der Waals surface area contributed by atoms with Gasteiger partial charge in [-0.05, 0) is 12.2 Å². The molecule has 6 nitrogen and oxygen atoms in total. The van der Waals surface area contributed by atoms with E-state index in [2.05, 4.69) is 5.92 Å². The smallest absolute Gasteiger partial charge is 0.255 e. The van der Waals surface area contributed by atoms with Crippen LogP contribution in [0.5, 0.6) is 0 Å². The van der Waals surface area contributed by atoms with Crippen molar-refractivity contribution in [2.24, 2.45) is 11.8 Å². The Labute approximate surface area is 133 Å². The predicted molar refractivity (Wildman–Crippen MR) is 79.0 cm³/mol. The summed E-state index contributed by atoms with van der Waals surface area (Å²) < 4.78 is 5.14. The highest BCUT2D eigenvalue weighted by Crippen LogP contribution is 2.37. The number of hydrogen-bond donors (Lipinski definition) is 0. The van der Waals surface area contributed by atoms with Gasteiger partial charge in [-0.15, -0.1) is 6.42 Å². The lowest BCUT2D eigenvalue weighted by Crippen LogP contribution is -2.67. The number of rotatable bonds is 3. The van der Waals surface area contributed by atoms with Gasteiger partial charge in [-0.25, -0.2) is 0 Å². The van der Waals surface area contributed by atoms with Gasteiger partial charge in [-0.2, -0.15) is 0 Å². The van der Waals surface area contributed by atoms with E-state index in [1.54, 1.807) is 0 Å². The van der Waals surface area contributed by atoms with Crippen LogP contribution in [0.3, 0.4) is 0 Å². The summed E-state index contributed by atoms with van der Waals surface area (Å²) in [5.41, 5.74) is 0.233. The van der Waals surface area contributed by atoms with Crippen molar-refractivity contribution in [2.45, 2.75) is 18.6 Å². The SMILES string of the molecule is C#CCN1C(=O)[C@@H](OC)[C@H]1C1=CC(=O)[C@@H]2CC(=O)C=C[C@@H]2C1=O. The number of allylic oxidation sites excluding steroid dienone is 3. The quantitative estimate of drug-likeness (QED) is 0.527. The second-order valence-corrected chi connectivity index (χ2v) is 5.80. The molecule has 1 saturated heterocycles. The summed E-state index contributed by atoms with van der Waals surface area (Å²) in [6, 6.07) is -0.646. The average molecular weight is 313 g/mol. The minimum Gasteiger partial charge on any atom is -0.369 e. The lowest BCUT2D eigenvalue weighted by atomic mass is 9.69. The van der Waals surface area contributed by atoms with Crippen molar-refractivity contribution in [2.75, 3.05) is 13.7 Å². The summed E-state index contributed by atoms with van der Waals surface area (Å²) in [6.45, 7) is 0.0462. The fourth-order valence-corrected chi connectivity index (χ4v) is 3.41. The van der Waals surface area contributed by atoms with E-state index in [-0.39, 0.29) is 41.8 Å². The second-order valence-electron chi connectivity index (χ2n) is 5.80. The van der Waals surface area contributed by atoms with Crippen LogP contribution >= 0.6 is 0 Å². The maximum atomic E-state index is 12.7. The fraction of sp³-hybridized carbons (Fsp3) is 0.412. The van der Waals surface area contributed by atoms with E-state index in [9.17, 15) is 19.2 Å². The van der Waals surface area contributed by atoms with Crippen LogP contribution in [-0.2, 0) is 23.9 Å². The molecule has 0 bridgehead atoms. The van der Waals surface area contributed by atoms with Gasteiger partial charge in [0.2, 0.25) is 0 Å². The summed E-state index contributed by atoms with van der Waals surface area (Å²) in [5, 5.41) is 0. The predicted octanol–water partition coefficient (Wildman–Crippen LogP) is -0.315. The number of fused-ring (bicyclic) bond motifs is 1. The highest BCUT2D eigenvalue weighted by Gasteiger charge is 2.53. The number of nitrogens with zero attached hydrogens (tertiary/aromatic N) is 1.